The van der Waals surface area contributed by atoms with Crippen LogP contribution >= 0.6 is 11.6 Å². The van der Waals surface area contributed by atoms with E-state index >= 15 is 0 Å². The highest BCUT2D eigenvalue weighted by Gasteiger charge is 2.18. The van der Waals surface area contributed by atoms with E-state index < -0.39 is 4.92 Å². The number of nitro groups is 1. The summed E-state index contributed by atoms with van der Waals surface area (Å²) >= 11 is 6.52. The molecule has 224 valence electrons. The third-order valence-electron chi connectivity index (χ3n) is 7.07. The van der Waals surface area contributed by atoms with E-state index in [1.165, 1.54) is 16.8 Å². The fraction of sp³-hybridized carbons (Fsp3) is 0.206. The molecule has 5 rings (SSSR count). The van der Waals surface area contributed by atoms with Gasteiger partial charge in [-0.15, -0.1) is 0 Å². The molecule has 5 aromatic rings. The molecule has 0 amide bonds. The molecule has 1 aromatic heterocycles. The van der Waals surface area contributed by atoms with Gasteiger partial charge in [0.05, 0.1) is 33.7 Å². The third kappa shape index (κ3) is 6.48. The molecule has 0 fully saturated rings. The van der Waals surface area contributed by atoms with Crippen LogP contribution in [-0.2, 0) is 6.61 Å². The van der Waals surface area contributed by atoms with Gasteiger partial charge in [0.25, 0.3) is 11.2 Å². The van der Waals surface area contributed by atoms with Gasteiger partial charge in [0.2, 0.25) is 0 Å². The van der Waals surface area contributed by atoms with Crippen LogP contribution in [-0.4, -0.2) is 27.4 Å². The van der Waals surface area contributed by atoms with Crippen molar-refractivity contribution in [3.05, 3.63) is 127 Å². The predicted octanol–water partition coefficient (Wildman–Crippen LogP) is 7.92. The van der Waals surface area contributed by atoms with Crippen molar-refractivity contribution in [1.29, 1.82) is 0 Å². The Kier molecular flexibility index (Phi) is 9.06. The summed E-state index contributed by atoms with van der Waals surface area (Å²) in [4.78, 5) is 29.2. The number of hydrogen-bond donors (Lipinski definition) is 0. The molecule has 44 heavy (non-hydrogen) atoms. The number of rotatable bonds is 10. The van der Waals surface area contributed by atoms with Crippen LogP contribution in [0.4, 0.5) is 5.69 Å². The monoisotopic (exact) mass is 610 g/mol. The SMILES string of the molecule is CCOc1cc(C)c(-c2nc3ccccc3c(=O)n2N=Cc2ccc(OCc3cccc([N+](=O)[O-])c3)c(Cl)c2)cc1C(C)C. The van der Waals surface area contributed by atoms with Crippen molar-refractivity contribution in [3.8, 4) is 22.9 Å². The van der Waals surface area contributed by atoms with E-state index in [0.29, 0.717) is 45.2 Å². The van der Waals surface area contributed by atoms with Crippen LogP contribution in [0.1, 0.15) is 48.9 Å². The van der Waals surface area contributed by atoms with Crippen LogP contribution in [0.15, 0.2) is 88.8 Å². The van der Waals surface area contributed by atoms with Crippen molar-refractivity contribution in [1.82, 2.24) is 9.66 Å². The summed E-state index contributed by atoms with van der Waals surface area (Å²) in [5, 5.41) is 16.4. The van der Waals surface area contributed by atoms with E-state index in [4.69, 9.17) is 26.1 Å². The molecule has 0 aliphatic rings. The van der Waals surface area contributed by atoms with Gasteiger partial charge in [0.1, 0.15) is 18.1 Å². The van der Waals surface area contributed by atoms with Gasteiger partial charge in [-0.25, -0.2) is 4.98 Å². The highest BCUT2D eigenvalue weighted by atomic mass is 35.5. The van der Waals surface area contributed by atoms with Crippen LogP contribution < -0.4 is 15.0 Å². The number of para-hydroxylation sites is 1. The van der Waals surface area contributed by atoms with E-state index in [0.717, 1.165) is 22.4 Å². The molecule has 0 unspecified atom stereocenters. The first-order valence-electron chi connectivity index (χ1n) is 14.2. The number of fused-ring (bicyclic) bond motifs is 1. The fourth-order valence-corrected chi connectivity index (χ4v) is 5.08. The van der Waals surface area contributed by atoms with E-state index in [1.54, 1.807) is 48.7 Å². The van der Waals surface area contributed by atoms with Crippen molar-refractivity contribution >= 4 is 34.4 Å². The predicted molar refractivity (Wildman–Crippen MR) is 173 cm³/mol. The van der Waals surface area contributed by atoms with Gasteiger partial charge >= 0.3 is 0 Å². The lowest BCUT2D eigenvalue weighted by molar-refractivity contribution is -0.384. The first kappa shape index (κ1) is 30.4. The molecule has 1 heterocycles. The largest absolute Gasteiger partial charge is 0.494 e. The summed E-state index contributed by atoms with van der Waals surface area (Å²) in [6.45, 7) is 8.75. The van der Waals surface area contributed by atoms with Crippen molar-refractivity contribution in [2.24, 2.45) is 5.10 Å². The van der Waals surface area contributed by atoms with Crippen LogP contribution in [0.5, 0.6) is 11.5 Å². The number of ether oxygens (including phenoxy) is 2. The molecular weight excluding hydrogens is 580 g/mol. The summed E-state index contributed by atoms with van der Waals surface area (Å²) < 4.78 is 13.0. The Morgan fingerprint density at radius 2 is 1.82 bits per heavy atom. The Hall–Kier alpha value is -5.02. The number of halogens is 1. The highest BCUT2D eigenvalue weighted by Crippen LogP contribution is 2.34. The van der Waals surface area contributed by atoms with Crippen molar-refractivity contribution < 1.29 is 14.4 Å². The standard InChI is InChI=1S/C34H31ClN4O5/c1-5-43-32-15-22(4)28(18-27(32)21(2)3)33-37-30-12-7-6-11-26(30)34(40)38(33)36-19-23-13-14-31(29(35)17-23)44-20-24-9-8-10-25(16-24)39(41)42/h6-19,21H,5,20H2,1-4H3. The van der Waals surface area contributed by atoms with Crippen LogP contribution in [0.2, 0.25) is 5.02 Å². The summed E-state index contributed by atoms with van der Waals surface area (Å²) in [6, 6.07) is 22.5. The lowest BCUT2D eigenvalue weighted by atomic mass is 9.96. The maximum Gasteiger partial charge on any atom is 0.282 e. The van der Waals surface area contributed by atoms with Gasteiger partial charge in [-0.05, 0) is 84.5 Å². The van der Waals surface area contributed by atoms with E-state index in [-0.39, 0.29) is 23.8 Å². The summed E-state index contributed by atoms with van der Waals surface area (Å²) in [5.74, 6) is 1.81. The number of aromatic nitrogens is 2. The van der Waals surface area contributed by atoms with E-state index in [1.807, 2.05) is 38.1 Å². The topological polar surface area (TPSA) is 109 Å². The molecule has 10 heteroatoms. The zero-order valence-corrected chi connectivity index (χ0v) is 25.5. The van der Waals surface area contributed by atoms with Crippen LogP contribution in [0, 0.1) is 17.0 Å². The zero-order valence-electron chi connectivity index (χ0n) is 24.8. The van der Waals surface area contributed by atoms with E-state index in [2.05, 4.69) is 18.9 Å². The zero-order chi connectivity index (χ0) is 31.4. The molecule has 0 spiro atoms. The maximum absolute atomic E-state index is 13.7. The van der Waals surface area contributed by atoms with Crippen LogP contribution in [0.3, 0.4) is 0 Å². The Morgan fingerprint density at radius 1 is 1.02 bits per heavy atom. The van der Waals surface area contributed by atoms with Crippen molar-refractivity contribution in [2.45, 2.75) is 40.2 Å². The van der Waals surface area contributed by atoms with Crippen molar-refractivity contribution in [3.63, 3.8) is 0 Å². The number of benzene rings is 4. The number of aryl methyl sites for hydroxylation is 1. The molecule has 0 radical (unpaired) electrons. The lowest BCUT2D eigenvalue weighted by Gasteiger charge is -2.18. The van der Waals surface area contributed by atoms with Crippen LogP contribution in [0.25, 0.3) is 22.3 Å². The second kappa shape index (κ2) is 13.1. The molecule has 0 aliphatic heterocycles. The Bertz CT molecular complexity index is 1950. The smallest absolute Gasteiger partial charge is 0.282 e. The molecule has 0 N–H and O–H groups in total. The van der Waals surface area contributed by atoms with Gasteiger partial charge in [0, 0.05) is 17.7 Å². The maximum atomic E-state index is 13.7. The fourth-order valence-electron chi connectivity index (χ4n) is 4.84. The average Bonchev–Trinajstić information content (AvgIpc) is 3.00. The van der Waals surface area contributed by atoms with Gasteiger partial charge in [0.15, 0.2) is 5.82 Å². The van der Waals surface area contributed by atoms with Gasteiger partial charge in [-0.3, -0.25) is 14.9 Å². The first-order valence-corrected chi connectivity index (χ1v) is 14.5. The second-order valence-corrected chi connectivity index (χ2v) is 10.9. The normalized spacial score (nSPS) is 11.4. The highest BCUT2D eigenvalue weighted by molar-refractivity contribution is 6.32. The Labute approximate surface area is 259 Å². The molecule has 0 atom stereocenters. The Balaban J connectivity index is 1.51. The molecule has 0 saturated heterocycles. The quantitative estimate of drug-likeness (QED) is 0.0902. The van der Waals surface area contributed by atoms with Crippen molar-refractivity contribution in [2.75, 3.05) is 6.61 Å². The third-order valence-corrected chi connectivity index (χ3v) is 7.36. The molecule has 0 saturated carbocycles. The molecular formula is C34H31ClN4O5. The molecule has 4 aromatic carbocycles. The first-order chi connectivity index (χ1) is 21.2. The minimum Gasteiger partial charge on any atom is -0.494 e. The molecule has 0 aliphatic carbocycles. The van der Waals surface area contributed by atoms with Gasteiger partial charge in [-0.2, -0.15) is 9.78 Å². The number of nitro benzene ring substituents is 1. The Morgan fingerprint density at radius 3 is 2.55 bits per heavy atom. The average molecular weight is 611 g/mol. The second-order valence-electron chi connectivity index (χ2n) is 10.5. The summed E-state index contributed by atoms with van der Waals surface area (Å²) in [6.07, 6.45) is 1.55. The minimum atomic E-state index is -0.452. The molecule has 9 nitrogen and oxygen atoms in total. The lowest BCUT2D eigenvalue weighted by Crippen LogP contribution is -2.20. The van der Waals surface area contributed by atoms with E-state index in [9.17, 15) is 14.9 Å². The number of nitrogens with zero attached hydrogens (tertiary/aromatic N) is 4. The number of non-ortho nitro benzene ring substituents is 1. The summed E-state index contributed by atoms with van der Waals surface area (Å²) in [5.41, 5.74) is 4.23. The summed E-state index contributed by atoms with van der Waals surface area (Å²) in [7, 11) is 0. The minimum absolute atomic E-state index is 0.0117. The van der Waals surface area contributed by atoms with Gasteiger partial charge < -0.3 is 9.47 Å². The number of hydrogen-bond acceptors (Lipinski definition) is 7. The molecule has 0 bridgehead atoms. The van der Waals surface area contributed by atoms with Gasteiger partial charge in [-0.1, -0.05) is 49.7 Å².